The first-order valence-electron chi connectivity index (χ1n) is 12.5. The molecule has 0 radical (unpaired) electrons. The van der Waals surface area contributed by atoms with E-state index in [2.05, 4.69) is 15.5 Å². The van der Waals surface area contributed by atoms with Gasteiger partial charge in [0.25, 0.3) is 5.91 Å². The monoisotopic (exact) mass is 496 g/mol. The highest BCUT2D eigenvalue weighted by Crippen LogP contribution is 2.24. The van der Waals surface area contributed by atoms with Crippen molar-refractivity contribution in [1.29, 1.82) is 0 Å². The van der Waals surface area contributed by atoms with E-state index < -0.39 is 5.82 Å². The molecule has 9 heteroatoms. The number of benzene rings is 2. The van der Waals surface area contributed by atoms with Crippen LogP contribution >= 0.6 is 0 Å². The van der Waals surface area contributed by atoms with Gasteiger partial charge in [0.1, 0.15) is 5.82 Å². The van der Waals surface area contributed by atoms with Gasteiger partial charge in [-0.25, -0.2) is 4.39 Å². The third-order valence-electron chi connectivity index (χ3n) is 6.64. The Bertz CT molecular complexity index is 1090. The van der Waals surface area contributed by atoms with E-state index in [0.29, 0.717) is 50.5 Å². The number of carbonyl (C=O) groups excluding carboxylic acids is 3. The molecule has 36 heavy (non-hydrogen) atoms. The van der Waals surface area contributed by atoms with Crippen molar-refractivity contribution in [2.24, 2.45) is 5.92 Å². The Hall–Kier alpha value is -3.30. The van der Waals surface area contributed by atoms with E-state index in [4.69, 9.17) is 4.74 Å². The zero-order valence-corrected chi connectivity index (χ0v) is 20.6. The zero-order chi connectivity index (χ0) is 25.5. The molecule has 2 aromatic rings. The minimum atomic E-state index is -0.569. The number of anilines is 2. The number of amides is 3. The van der Waals surface area contributed by atoms with Crippen molar-refractivity contribution in [2.45, 2.75) is 26.2 Å². The summed E-state index contributed by atoms with van der Waals surface area (Å²) < 4.78 is 19.6. The minimum absolute atomic E-state index is 0.0274. The maximum Gasteiger partial charge on any atom is 0.253 e. The molecule has 2 aromatic carbocycles. The summed E-state index contributed by atoms with van der Waals surface area (Å²) in [6.45, 7) is 6.32. The summed E-state index contributed by atoms with van der Waals surface area (Å²) in [5.41, 5.74) is 2.11. The van der Waals surface area contributed by atoms with Gasteiger partial charge in [-0.15, -0.1) is 0 Å². The molecule has 0 unspecified atom stereocenters. The number of halogens is 1. The topological polar surface area (TPSA) is 91.0 Å². The van der Waals surface area contributed by atoms with Crippen LogP contribution in [-0.2, 0) is 14.3 Å². The Balaban J connectivity index is 1.32. The molecule has 2 saturated heterocycles. The van der Waals surface area contributed by atoms with Gasteiger partial charge in [0.15, 0.2) is 0 Å². The Morgan fingerprint density at radius 1 is 1.03 bits per heavy atom. The molecule has 0 aromatic heterocycles. The van der Waals surface area contributed by atoms with Crippen LogP contribution in [0.2, 0.25) is 0 Å². The van der Waals surface area contributed by atoms with Crippen molar-refractivity contribution in [3.05, 3.63) is 59.4 Å². The van der Waals surface area contributed by atoms with Crippen molar-refractivity contribution < 1.29 is 23.5 Å². The van der Waals surface area contributed by atoms with E-state index in [1.54, 1.807) is 17.0 Å². The largest absolute Gasteiger partial charge is 0.379 e. The molecular weight excluding hydrogens is 463 g/mol. The number of piperidine rings is 1. The first-order chi connectivity index (χ1) is 17.4. The van der Waals surface area contributed by atoms with Gasteiger partial charge >= 0.3 is 0 Å². The standard InChI is InChI=1S/C27H33FN4O4/c1-19-4-6-20(7-5-19)27(35)32-11-2-3-21(18-32)26(34)29-22-8-9-23(28)24(17-22)30-25(33)10-12-31-13-15-36-16-14-31/h4-9,17,21H,2-3,10-16,18H2,1H3,(H,29,34)(H,30,33)/t21-/m0/s1. The number of ether oxygens (including phenoxy) is 1. The van der Waals surface area contributed by atoms with E-state index in [1.165, 1.54) is 18.2 Å². The maximum atomic E-state index is 14.3. The Morgan fingerprint density at radius 3 is 2.53 bits per heavy atom. The van der Waals surface area contributed by atoms with Gasteiger partial charge in [-0.3, -0.25) is 19.3 Å². The van der Waals surface area contributed by atoms with Gasteiger partial charge in [0, 0.05) is 50.4 Å². The molecule has 4 rings (SSSR count). The summed E-state index contributed by atoms with van der Waals surface area (Å²) in [7, 11) is 0. The highest BCUT2D eigenvalue weighted by Gasteiger charge is 2.29. The highest BCUT2D eigenvalue weighted by molar-refractivity contribution is 5.97. The normalized spacial score (nSPS) is 18.5. The van der Waals surface area contributed by atoms with Crippen LogP contribution in [0.4, 0.5) is 15.8 Å². The van der Waals surface area contributed by atoms with Crippen LogP contribution in [0.15, 0.2) is 42.5 Å². The number of hydrogen-bond donors (Lipinski definition) is 2. The SMILES string of the molecule is Cc1ccc(C(=O)N2CCC[C@H](C(=O)Nc3ccc(F)c(NC(=O)CCN4CCOCC4)c3)C2)cc1. The number of rotatable bonds is 7. The summed E-state index contributed by atoms with van der Waals surface area (Å²) in [4.78, 5) is 42.1. The lowest BCUT2D eigenvalue weighted by Crippen LogP contribution is -2.43. The molecule has 2 fully saturated rings. The van der Waals surface area contributed by atoms with Crippen LogP contribution in [0.3, 0.4) is 0 Å². The molecule has 3 amide bonds. The van der Waals surface area contributed by atoms with Crippen LogP contribution < -0.4 is 10.6 Å². The van der Waals surface area contributed by atoms with Crippen molar-refractivity contribution in [3.8, 4) is 0 Å². The number of likely N-dealkylation sites (tertiary alicyclic amines) is 1. The number of nitrogens with one attached hydrogen (secondary N) is 2. The van der Waals surface area contributed by atoms with Crippen molar-refractivity contribution in [2.75, 3.05) is 56.6 Å². The van der Waals surface area contributed by atoms with Crippen molar-refractivity contribution in [3.63, 3.8) is 0 Å². The van der Waals surface area contributed by atoms with Gasteiger partial charge in [0.05, 0.1) is 24.8 Å². The van der Waals surface area contributed by atoms with Crippen molar-refractivity contribution >= 4 is 29.1 Å². The molecule has 8 nitrogen and oxygen atoms in total. The summed E-state index contributed by atoms with van der Waals surface area (Å²) >= 11 is 0. The van der Waals surface area contributed by atoms with E-state index in [0.717, 1.165) is 25.1 Å². The van der Waals surface area contributed by atoms with Crippen LogP contribution in [0.25, 0.3) is 0 Å². The van der Waals surface area contributed by atoms with Crippen LogP contribution in [-0.4, -0.2) is 73.5 Å². The first kappa shape index (κ1) is 25.8. The van der Waals surface area contributed by atoms with Gasteiger partial charge in [-0.1, -0.05) is 17.7 Å². The summed E-state index contributed by atoms with van der Waals surface area (Å²) in [5, 5.41) is 5.44. The van der Waals surface area contributed by atoms with Crippen molar-refractivity contribution in [1.82, 2.24) is 9.80 Å². The third-order valence-corrected chi connectivity index (χ3v) is 6.64. The maximum absolute atomic E-state index is 14.3. The molecule has 0 aliphatic carbocycles. The smallest absolute Gasteiger partial charge is 0.253 e. The fourth-order valence-corrected chi connectivity index (χ4v) is 4.49. The van der Waals surface area contributed by atoms with Gasteiger partial charge in [0.2, 0.25) is 11.8 Å². The fraction of sp³-hybridized carbons (Fsp3) is 0.444. The summed E-state index contributed by atoms with van der Waals surface area (Å²) in [6, 6.07) is 11.5. The van der Waals surface area contributed by atoms with E-state index in [1.807, 2.05) is 19.1 Å². The molecule has 2 N–H and O–H groups in total. The molecule has 1 atom stereocenters. The average Bonchev–Trinajstić information content (AvgIpc) is 2.90. The van der Waals surface area contributed by atoms with E-state index in [-0.39, 0.29) is 35.7 Å². The summed E-state index contributed by atoms with van der Waals surface area (Å²) in [6.07, 6.45) is 1.63. The lowest BCUT2D eigenvalue weighted by molar-refractivity contribution is -0.121. The second-order valence-corrected chi connectivity index (χ2v) is 9.39. The number of carbonyl (C=O) groups is 3. The minimum Gasteiger partial charge on any atom is -0.379 e. The quantitative estimate of drug-likeness (QED) is 0.614. The van der Waals surface area contributed by atoms with Crippen LogP contribution in [0.5, 0.6) is 0 Å². The number of aryl methyl sites for hydroxylation is 1. The Labute approximate surface area is 210 Å². The fourth-order valence-electron chi connectivity index (χ4n) is 4.49. The number of hydrogen-bond acceptors (Lipinski definition) is 5. The second-order valence-electron chi connectivity index (χ2n) is 9.39. The molecule has 2 aliphatic rings. The highest BCUT2D eigenvalue weighted by atomic mass is 19.1. The second kappa shape index (κ2) is 12.1. The third kappa shape index (κ3) is 6.89. The Morgan fingerprint density at radius 2 is 1.78 bits per heavy atom. The first-order valence-corrected chi connectivity index (χ1v) is 12.5. The molecule has 0 bridgehead atoms. The molecule has 0 saturated carbocycles. The predicted molar refractivity (Wildman–Crippen MR) is 135 cm³/mol. The molecular formula is C27H33FN4O4. The average molecular weight is 497 g/mol. The molecule has 2 aliphatic heterocycles. The van der Waals surface area contributed by atoms with Crippen LogP contribution in [0.1, 0.15) is 35.2 Å². The molecule has 2 heterocycles. The van der Waals surface area contributed by atoms with Gasteiger partial charge in [-0.05, 0) is 50.1 Å². The molecule has 0 spiro atoms. The Kier molecular flexibility index (Phi) is 8.66. The number of morpholine rings is 1. The predicted octanol–water partition coefficient (Wildman–Crippen LogP) is 3.29. The van der Waals surface area contributed by atoms with Gasteiger partial charge in [-0.2, -0.15) is 0 Å². The van der Waals surface area contributed by atoms with E-state index >= 15 is 0 Å². The lowest BCUT2D eigenvalue weighted by atomic mass is 9.96. The zero-order valence-electron chi connectivity index (χ0n) is 20.6. The summed E-state index contributed by atoms with van der Waals surface area (Å²) in [5.74, 6) is -1.55. The molecule has 192 valence electrons. The van der Waals surface area contributed by atoms with E-state index in [9.17, 15) is 18.8 Å². The lowest BCUT2D eigenvalue weighted by Gasteiger charge is -2.32. The number of nitrogens with zero attached hydrogens (tertiary/aromatic N) is 2. The van der Waals surface area contributed by atoms with Crippen LogP contribution in [0, 0.1) is 18.7 Å². The van der Waals surface area contributed by atoms with Gasteiger partial charge < -0.3 is 20.3 Å².